The molecule has 1 N–H and O–H groups in total. The minimum atomic E-state index is -0.434. The van der Waals surface area contributed by atoms with Gasteiger partial charge in [-0.25, -0.2) is 0 Å². The van der Waals surface area contributed by atoms with E-state index in [9.17, 15) is 9.59 Å². The molecular formula is C18H11N5O2S2. The van der Waals surface area contributed by atoms with Crippen molar-refractivity contribution < 1.29 is 9.59 Å². The molecule has 132 valence electrons. The van der Waals surface area contributed by atoms with Gasteiger partial charge in [0.25, 0.3) is 11.8 Å². The Bertz CT molecular complexity index is 1100. The minimum Gasteiger partial charge on any atom is -0.267 e. The van der Waals surface area contributed by atoms with E-state index < -0.39 is 5.91 Å². The van der Waals surface area contributed by atoms with Gasteiger partial charge < -0.3 is 0 Å². The number of pyridine rings is 1. The van der Waals surface area contributed by atoms with E-state index in [1.807, 2.05) is 18.2 Å². The summed E-state index contributed by atoms with van der Waals surface area (Å²) in [5.74, 6) is -0.817. The zero-order valence-electron chi connectivity index (χ0n) is 13.7. The zero-order chi connectivity index (χ0) is 18.8. The number of aromatic nitrogens is 3. The number of thioether (sulfide) groups is 1. The van der Waals surface area contributed by atoms with Gasteiger partial charge in [-0.1, -0.05) is 17.8 Å². The van der Waals surface area contributed by atoms with Gasteiger partial charge in [0.2, 0.25) is 0 Å². The highest BCUT2D eigenvalue weighted by Crippen LogP contribution is 2.31. The SMILES string of the molecule is O=C(NN1C(=O)C(=Cc2ccc3nccnc3c2)SC1=S)c1ccncc1. The first kappa shape index (κ1) is 17.3. The molecule has 1 aliphatic rings. The fraction of sp³-hybridized carbons (Fsp3) is 0. The second-order valence-corrected chi connectivity index (χ2v) is 7.17. The van der Waals surface area contributed by atoms with Gasteiger partial charge in [0, 0.05) is 30.4 Å². The molecule has 27 heavy (non-hydrogen) atoms. The Morgan fingerprint density at radius 3 is 2.59 bits per heavy atom. The summed E-state index contributed by atoms with van der Waals surface area (Å²) in [6.45, 7) is 0. The Balaban J connectivity index is 1.56. The predicted molar refractivity (Wildman–Crippen MR) is 106 cm³/mol. The second kappa shape index (κ2) is 7.22. The molecule has 1 saturated heterocycles. The quantitative estimate of drug-likeness (QED) is 0.540. The van der Waals surface area contributed by atoms with E-state index in [-0.39, 0.29) is 10.2 Å². The third-order valence-corrected chi connectivity index (χ3v) is 5.04. The van der Waals surface area contributed by atoms with Crippen LogP contribution in [-0.4, -0.2) is 36.1 Å². The van der Waals surface area contributed by atoms with Crippen molar-refractivity contribution in [2.45, 2.75) is 0 Å². The van der Waals surface area contributed by atoms with Crippen LogP contribution in [0.2, 0.25) is 0 Å². The summed E-state index contributed by atoms with van der Waals surface area (Å²) in [5, 5.41) is 1.08. The number of hydrazine groups is 1. The van der Waals surface area contributed by atoms with Gasteiger partial charge in [0.15, 0.2) is 4.32 Å². The van der Waals surface area contributed by atoms with Gasteiger partial charge in [-0.3, -0.25) is 30.0 Å². The molecule has 0 atom stereocenters. The number of carbonyl (C=O) groups is 2. The van der Waals surface area contributed by atoms with Crippen LogP contribution in [0.25, 0.3) is 17.1 Å². The third kappa shape index (κ3) is 3.55. The molecule has 0 unspecified atom stereocenters. The van der Waals surface area contributed by atoms with Crippen LogP contribution in [0.15, 0.2) is 60.0 Å². The molecule has 0 spiro atoms. The van der Waals surface area contributed by atoms with Crippen molar-refractivity contribution in [3.05, 3.63) is 71.2 Å². The van der Waals surface area contributed by atoms with E-state index in [4.69, 9.17) is 12.2 Å². The van der Waals surface area contributed by atoms with E-state index in [1.165, 1.54) is 12.4 Å². The van der Waals surface area contributed by atoms with Crippen molar-refractivity contribution >= 4 is 57.2 Å². The topological polar surface area (TPSA) is 88.1 Å². The van der Waals surface area contributed by atoms with Crippen LogP contribution in [0.5, 0.6) is 0 Å². The van der Waals surface area contributed by atoms with Crippen LogP contribution in [0.3, 0.4) is 0 Å². The zero-order valence-corrected chi connectivity index (χ0v) is 15.3. The molecule has 0 bridgehead atoms. The molecular weight excluding hydrogens is 382 g/mol. The predicted octanol–water partition coefficient (Wildman–Crippen LogP) is 2.57. The number of hydrogen-bond donors (Lipinski definition) is 1. The average Bonchev–Trinajstić information content (AvgIpc) is 2.96. The maximum atomic E-state index is 12.6. The second-order valence-electron chi connectivity index (χ2n) is 5.50. The number of fused-ring (bicyclic) bond motifs is 1. The smallest absolute Gasteiger partial charge is 0.267 e. The van der Waals surface area contributed by atoms with E-state index in [2.05, 4.69) is 20.4 Å². The van der Waals surface area contributed by atoms with Gasteiger partial charge in [-0.2, -0.15) is 5.01 Å². The maximum absolute atomic E-state index is 12.6. The van der Waals surface area contributed by atoms with Crippen LogP contribution < -0.4 is 5.43 Å². The molecule has 1 fully saturated rings. The number of hydrogen-bond acceptors (Lipinski definition) is 7. The monoisotopic (exact) mass is 393 g/mol. The Kier molecular flexibility index (Phi) is 4.61. The van der Waals surface area contributed by atoms with Crippen LogP contribution in [0, 0.1) is 0 Å². The lowest BCUT2D eigenvalue weighted by Gasteiger charge is -2.15. The number of rotatable bonds is 3. The van der Waals surface area contributed by atoms with Gasteiger partial charge in [0.1, 0.15) is 0 Å². The van der Waals surface area contributed by atoms with Crippen LogP contribution >= 0.6 is 24.0 Å². The summed E-state index contributed by atoms with van der Waals surface area (Å²) < 4.78 is 0.259. The molecule has 0 saturated carbocycles. The molecule has 0 radical (unpaired) electrons. The number of benzene rings is 1. The number of thiocarbonyl (C=S) groups is 1. The van der Waals surface area contributed by atoms with Crippen LogP contribution in [-0.2, 0) is 4.79 Å². The molecule has 3 heterocycles. The van der Waals surface area contributed by atoms with Crippen LogP contribution in [0.4, 0.5) is 0 Å². The van der Waals surface area contributed by atoms with E-state index in [1.54, 1.807) is 30.6 Å². The molecule has 2 amide bonds. The average molecular weight is 393 g/mol. The van der Waals surface area contributed by atoms with Crippen molar-refractivity contribution in [3.63, 3.8) is 0 Å². The van der Waals surface area contributed by atoms with Gasteiger partial charge in [-0.15, -0.1) is 0 Å². The van der Waals surface area contributed by atoms with Crippen molar-refractivity contribution in [3.8, 4) is 0 Å². The summed E-state index contributed by atoms with van der Waals surface area (Å²) in [6.07, 6.45) is 7.95. The van der Waals surface area contributed by atoms with E-state index in [0.29, 0.717) is 10.5 Å². The normalized spacial score (nSPS) is 15.6. The minimum absolute atomic E-state index is 0.259. The van der Waals surface area contributed by atoms with E-state index >= 15 is 0 Å². The van der Waals surface area contributed by atoms with Crippen molar-refractivity contribution in [1.82, 2.24) is 25.4 Å². The number of amides is 2. The third-order valence-electron chi connectivity index (χ3n) is 3.74. The lowest BCUT2D eigenvalue weighted by atomic mass is 10.2. The number of carbonyl (C=O) groups excluding carboxylic acids is 2. The Morgan fingerprint density at radius 1 is 1.07 bits per heavy atom. The molecule has 9 heteroatoms. The summed E-state index contributed by atoms with van der Waals surface area (Å²) in [6, 6.07) is 8.63. The Morgan fingerprint density at radius 2 is 1.81 bits per heavy atom. The van der Waals surface area contributed by atoms with Crippen molar-refractivity contribution in [2.24, 2.45) is 0 Å². The summed E-state index contributed by atoms with van der Waals surface area (Å²) in [4.78, 5) is 37.7. The molecule has 7 nitrogen and oxygen atoms in total. The number of nitrogens with one attached hydrogen (secondary N) is 1. The molecule has 3 aromatic rings. The first-order valence-corrected chi connectivity index (χ1v) is 9.04. The standard InChI is InChI=1S/C18H11N5O2S2/c24-16(12-3-5-19-6-4-12)22-23-17(25)15(27-18(23)26)10-11-1-2-13-14(9-11)21-8-7-20-13/h1-10H,(H,22,24). The van der Waals surface area contributed by atoms with E-state index in [0.717, 1.165) is 33.4 Å². The largest absolute Gasteiger partial charge is 0.285 e. The first-order valence-electron chi connectivity index (χ1n) is 7.81. The molecule has 1 aromatic carbocycles. The van der Waals surface area contributed by atoms with Crippen molar-refractivity contribution in [1.29, 1.82) is 0 Å². The number of nitrogens with zero attached hydrogens (tertiary/aromatic N) is 4. The van der Waals surface area contributed by atoms with Crippen molar-refractivity contribution in [2.75, 3.05) is 0 Å². The lowest BCUT2D eigenvalue weighted by Crippen LogP contribution is -2.44. The Labute approximate surface area is 163 Å². The fourth-order valence-corrected chi connectivity index (χ4v) is 3.63. The van der Waals surface area contributed by atoms with Gasteiger partial charge >= 0.3 is 0 Å². The molecule has 2 aromatic heterocycles. The summed E-state index contributed by atoms with van der Waals surface area (Å²) >= 11 is 6.36. The summed E-state index contributed by atoms with van der Waals surface area (Å²) in [7, 11) is 0. The lowest BCUT2D eigenvalue weighted by molar-refractivity contribution is -0.123. The molecule has 4 rings (SSSR count). The molecule has 1 aliphatic heterocycles. The highest BCUT2D eigenvalue weighted by atomic mass is 32.2. The maximum Gasteiger partial charge on any atom is 0.285 e. The highest BCUT2D eigenvalue weighted by Gasteiger charge is 2.33. The van der Waals surface area contributed by atoms with Crippen LogP contribution in [0.1, 0.15) is 15.9 Å². The summed E-state index contributed by atoms with van der Waals surface area (Å²) in [5.41, 5.74) is 5.21. The fourth-order valence-electron chi connectivity index (χ4n) is 2.45. The first-order chi connectivity index (χ1) is 13.1. The van der Waals surface area contributed by atoms with Gasteiger partial charge in [0.05, 0.1) is 15.9 Å². The highest BCUT2D eigenvalue weighted by molar-refractivity contribution is 8.26. The molecule has 0 aliphatic carbocycles. The Hall–Kier alpha value is -3.17. The van der Waals surface area contributed by atoms with Gasteiger partial charge in [-0.05, 0) is 48.1 Å².